The van der Waals surface area contributed by atoms with Gasteiger partial charge in [0.25, 0.3) is 0 Å². The Balaban J connectivity index is 1.12. The molecule has 0 spiro atoms. The zero-order valence-corrected chi connectivity index (χ0v) is 40.8. The van der Waals surface area contributed by atoms with Crippen molar-refractivity contribution in [1.29, 1.82) is 0 Å². The van der Waals surface area contributed by atoms with Gasteiger partial charge in [0.2, 0.25) is 0 Å². The number of hydrogen-bond acceptors (Lipinski definition) is 3. The molecule has 13 rings (SSSR count). The van der Waals surface area contributed by atoms with E-state index in [-0.39, 0.29) is 10.8 Å². The summed E-state index contributed by atoms with van der Waals surface area (Å²) in [6.45, 7) is 12.1. The van der Waals surface area contributed by atoms with Gasteiger partial charge in [-0.3, -0.25) is 0 Å². The Bertz CT molecular complexity index is 3850. The van der Waals surface area contributed by atoms with Crippen LogP contribution in [0.4, 0.5) is 28.4 Å². The first kappa shape index (κ1) is 41.8. The molecule has 0 unspecified atom stereocenters. The zero-order valence-electron chi connectivity index (χ0n) is 40.0. The van der Waals surface area contributed by atoms with E-state index in [4.69, 9.17) is 0 Å². The Kier molecular flexibility index (Phi) is 9.59. The summed E-state index contributed by atoms with van der Waals surface area (Å²) in [5, 5.41) is 11.7. The standard InChI is InChI=1S/C65H53BN2S/c1-40-32-52-53(65(4,5)31-30-64(52,2)3)39-56(40)68-57-36-46-22-14-13-21-45(46)35-54(57)66-63-51(34-48(37-58(63)68)42-18-10-7-11-19-42)61-55(67-49-26-24-43(25-27-49)41-16-8-6-9-17-41)28-29-59-62(61)50-33-44-20-12-15-23-47(44)38-60(50)69-59/h6-29,32-39,66-67H,30-31H2,1-5H3. The van der Waals surface area contributed by atoms with Crippen LogP contribution in [0, 0.1) is 6.92 Å². The molecule has 2 aliphatic rings. The summed E-state index contributed by atoms with van der Waals surface area (Å²) < 4.78 is 2.59. The van der Waals surface area contributed by atoms with Gasteiger partial charge in [0.1, 0.15) is 0 Å². The predicted octanol–water partition coefficient (Wildman–Crippen LogP) is 16.9. The molecule has 0 saturated heterocycles. The average molecular weight is 905 g/mol. The van der Waals surface area contributed by atoms with Crippen LogP contribution in [-0.4, -0.2) is 7.28 Å². The van der Waals surface area contributed by atoms with Gasteiger partial charge in [-0.2, -0.15) is 0 Å². The number of benzene rings is 10. The molecule has 332 valence electrons. The van der Waals surface area contributed by atoms with Crippen molar-refractivity contribution in [3.8, 4) is 33.4 Å². The summed E-state index contributed by atoms with van der Waals surface area (Å²) in [4.78, 5) is 2.65. The van der Waals surface area contributed by atoms with Gasteiger partial charge in [-0.1, -0.05) is 167 Å². The van der Waals surface area contributed by atoms with Crippen LogP contribution in [0.2, 0.25) is 0 Å². The molecule has 4 heteroatoms. The van der Waals surface area contributed by atoms with Crippen molar-refractivity contribution in [3.63, 3.8) is 0 Å². The van der Waals surface area contributed by atoms with Crippen LogP contribution < -0.4 is 21.1 Å². The van der Waals surface area contributed by atoms with Crippen molar-refractivity contribution < 1.29 is 0 Å². The van der Waals surface area contributed by atoms with Gasteiger partial charge in [-0.25, -0.2) is 0 Å². The Morgan fingerprint density at radius 2 is 1.07 bits per heavy atom. The van der Waals surface area contributed by atoms with Crippen LogP contribution in [0.15, 0.2) is 194 Å². The van der Waals surface area contributed by atoms with E-state index >= 15 is 0 Å². The number of thiophene rings is 1. The third kappa shape index (κ3) is 6.99. The van der Waals surface area contributed by atoms with E-state index in [1.165, 1.54) is 126 Å². The Morgan fingerprint density at radius 1 is 0.493 bits per heavy atom. The van der Waals surface area contributed by atoms with Crippen LogP contribution in [-0.2, 0) is 10.8 Å². The smallest absolute Gasteiger partial charge is 0.198 e. The first-order valence-corrected chi connectivity index (χ1v) is 25.4. The van der Waals surface area contributed by atoms with Crippen molar-refractivity contribution in [2.24, 2.45) is 0 Å². The first-order valence-electron chi connectivity index (χ1n) is 24.6. The van der Waals surface area contributed by atoms with Gasteiger partial charge in [-0.15, -0.1) is 11.3 Å². The van der Waals surface area contributed by atoms with Crippen LogP contribution in [0.5, 0.6) is 0 Å². The molecule has 10 aromatic carbocycles. The largest absolute Gasteiger partial charge is 0.355 e. The molecular formula is C65H53BN2S. The summed E-state index contributed by atoms with van der Waals surface area (Å²) in [6, 6.07) is 72.9. The van der Waals surface area contributed by atoms with Crippen LogP contribution in [0.1, 0.15) is 57.2 Å². The van der Waals surface area contributed by atoms with Gasteiger partial charge in [0.15, 0.2) is 7.28 Å². The lowest BCUT2D eigenvalue weighted by molar-refractivity contribution is 0.332. The van der Waals surface area contributed by atoms with Crippen LogP contribution in [0.3, 0.4) is 0 Å². The molecule has 1 aliphatic carbocycles. The van der Waals surface area contributed by atoms with Crippen molar-refractivity contribution in [1.82, 2.24) is 0 Å². The fraction of sp³-hybridized carbons (Fsp3) is 0.138. The first-order chi connectivity index (χ1) is 33.6. The lowest BCUT2D eigenvalue weighted by Gasteiger charge is -2.44. The van der Waals surface area contributed by atoms with Gasteiger partial charge < -0.3 is 10.2 Å². The second-order valence-corrected chi connectivity index (χ2v) is 22.0. The Hall–Kier alpha value is -7.40. The zero-order chi connectivity index (χ0) is 46.6. The SMILES string of the molecule is Cc1cc2c(cc1N1c3cc4ccccc4cc3Bc3c(-c4c(Nc5ccc(-c6ccccc6)cc5)ccc5sc6cc7ccccc7cc6c45)cc(-c4ccccc4)cc31)C(C)(C)CCC2(C)C. The Labute approximate surface area is 410 Å². The number of rotatable bonds is 6. The monoisotopic (exact) mass is 904 g/mol. The molecule has 1 aromatic heterocycles. The molecule has 2 heterocycles. The van der Waals surface area contributed by atoms with Crippen molar-refractivity contribution in [2.45, 2.75) is 58.3 Å². The quantitative estimate of drug-likeness (QED) is 0.167. The molecule has 0 saturated carbocycles. The maximum absolute atomic E-state index is 4.04. The molecule has 11 aromatic rings. The molecule has 2 nitrogen and oxygen atoms in total. The summed E-state index contributed by atoms with van der Waals surface area (Å²) in [7, 11) is 0.797. The fourth-order valence-corrected chi connectivity index (χ4v) is 12.8. The van der Waals surface area contributed by atoms with E-state index in [0.29, 0.717) is 0 Å². The molecule has 0 atom stereocenters. The third-order valence-electron chi connectivity index (χ3n) is 15.6. The maximum atomic E-state index is 4.04. The van der Waals surface area contributed by atoms with E-state index in [9.17, 15) is 0 Å². The molecule has 0 bridgehead atoms. The third-order valence-corrected chi connectivity index (χ3v) is 16.7. The number of anilines is 5. The highest BCUT2D eigenvalue weighted by molar-refractivity contribution is 7.26. The van der Waals surface area contributed by atoms with E-state index in [1.807, 2.05) is 11.3 Å². The van der Waals surface area contributed by atoms with Crippen LogP contribution >= 0.6 is 11.3 Å². The van der Waals surface area contributed by atoms with Gasteiger partial charge in [-0.05, 0) is 163 Å². The van der Waals surface area contributed by atoms with E-state index in [2.05, 4.69) is 239 Å². The Morgan fingerprint density at radius 3 is 1.75 bits per heavy atom. The topological polar surface area (TPSA) is 15.3 Å². The summed E-state index contributed by atoms with van der Waals surface area (Å²) in [5.74, 6) is 0. The number of hydrogen-bond donors (Lipinski definition) is 1. The minimum absolute atomic E-state index is 0.0505. The second-order valence-electron chi connectivity index (χ2n) is 20.9. The highest BCUT2D eigenvalue weighted by Gasteiger charge is 2.39. The predicted molar refractivity (Wildman–Crippen MR) is 301 cm³/mol. The lowest BCUT2D eigenvalue weighted by atomic mass is 9.57. The molecule has 0 amide bonds. The highest BCUT2D eigenvalue weighted by atomic mass is 32.1. The minimum Gasteiger partial charge on any atom is -0.355 e. The molecule has 0 radical (unpaired) electrons. The molecular weight excluding hydrogens is 852 g/mol. The fourth-order valence-electron chi connectivity index (χ4n) is 11.7. The highest BCUT2D eigenvalue weighted by Crippen LogP contribution is 2.52. The number of fused-ring (bicyclic) bond motifs is 8. The molecule has 0 fully saturated rings. The maximum Gasteiger partial charge on any atom is 0.198 e. The van der Waals surface area contributed by atoms with Crippen LogP contribution in [0.25, 0.3) is 75.1 Å². The van der Waals surface area contributed by atoms with E-state index < -0.39 is 0 Å². The second kappa shape index (κ2) is 15.8. The molecule has 1 N–H and O–H groups in total. The summed E-state index contributed by atoms with van der Waals surface area (Å²) in [5.41, 5.74) is 20.3. The van der Waals surface area contributed by atoms with Gasteiger partial charge in [0, 0.05) is 54.2 Å². The average Bonchev–Trinajstić information content (AvgIpc) is 3.73. The van der Waals surface area contributed by atoms with Crippen molar-refractivity contribution in [3.05, 3.63) is 211 Å². The lowest BCUT2D eigenvalue weighted by Crippen LogP contribution is -2.41. The van der Waals surface area contributed by atoms with Gasteiger partial charge >= 0.3 is 0 Å². The molecule has 1 aliphatic heterocycles. The normalized spacial score (nSPS) is 14.7. The van der Waals surface area contributed by atoms with E-state index in [0.717, 1.165) is 25.1 Å². The number of nitrogens with zero attached hydrogens (tertiary/aromatic N) is 1. The summed E-state index contributed by atoms with van der Waals surface area (Å²) >= 11 is 1.90. The summed E-state index contributed by atoms with van der Waals surface area (Å²) in [6.07, 6.45) is 2.34. The van der Waals surface area contributed by atoms with Gasteiger partial charge in [0.05, 0.1) is 0 Å². The van der Waals surface area contributed by atoms with E-state index in [1.54, 1.807) is 0 Å². The number of nitrogens with one attached hydrogen (secondary N) is 1. The minimum atomic E-state index is 0.0505. The van der Waals surface area contributed by atoms with Crippen molar-refractivity contribution >= 4 is 99.7 Å². The number of aryl methyl sites for hydroxylation is 1. The molecule has 69 heavy (non-hydrogen) atoms. The van der Waals surface area contributed by atoms with Crippen molar-refractivity contribution in [2.75, 3.05) is 10.2 Å².